The molecule has 0 bridgehead atoms. The van der Waals surface area contributed by atoms with Crippen molar-refractivity contribution >= 4 is 56.7 Å². The Hall–Kier alpha value is -8.65. The molecule has 326 valence electrons. The second-order valence-corrected chi connectivity index (χ2v) is 22.5. The van der Waals surface area contributed by atoms with Gasteiger partial charge in [0.15, 0.2) is 8.07 Å². The number of rotatable bonds is 5. The zero-order chi connectivity index (χ0) is 45.8. The first-order valence-electron chi connectivity index (χ1n) is 23.6. The van der Waals surface area contributed by atoms with E-state index < -0.39 is 13.5 Å². The summed E-state index contributed by atoms with van der Waals surface area (Å²) in [5.41, 5.74) is 15.8. The topological polar surface area (TPSA) is 57.2 Å². The van der Waals surface area contributed by atoms with Crippen molar-refractivity contribution in [3.05, 3.63) is 236 Å². The lowest BCUT2D eigenvalue weighted by Crippen LogP contribution is -2.75. The van der Waals surface area contributed by atoms with Crippen LogP contribution in [0.4, 0.5) is 0 Å². The maximum atomic E-state index is 7.49. The second-order valence-electron chi connectivity index (χ2n) is 18.8. The molecule has 0 spiro atoms. The lowest BCUT2D eigenvalue weighted by atomic mass is 9.75. The van der Waals surface area contributed by atoms with Crippen LogP contribution in [-0.2, 0) is 5.41 Å². The molecule has 0 N–H and O–H groups in total. The molecule has 4 heterocycles. The summed E-state index contributed by atoms with van der Waals surface area (Å²) >= 11 is 0. The molecular weight excluding hydrogens is 859 g/mol. The first-order valence-corrected chi connectivity index (χ1v) is 25.6. The Balaban J connectivity index is 1.15. The third-order valence-electron chi connectivity index (χ3n) is 14.8. The summed E-state index contributed by atoms with van der Waals surface area (Å²) in [6.45, 7) is 4.70. The molecule has 12 aromatic rings. The minimum absolute atomic E-state index is 0.439. The fourth-order valence-corrected chi connectivity index (χ4v) is 16.6. The molecule has 3 aromatic heterocycles. The van der Waals surface area contributed by atoms with Gasteiger partial charge < -0.3 is 4.74 Å². The summed E-state index contributed by atoms with van der Waals surface area (Å²) in [6.07, 6.45) is 3.63. The van der Waals surface area contributed by atoms with Gasteiger partial charge in [-0.1, -0.05) is 184 Å². The fraction of sp³-hybridized carbons (Fsp3) is 0.0484. The molecule has 0 saturated carbocycles. The average Bonchev–Trinajstić information content (AvgIpc) is 3.94. The predicted octanol–water partition coefficient (Wildman–Crippen LogP) is 12.0. The van der Waals surface area contributed by atoms with Crippen molar-refractivity contribution in [2.24, 2.45) is 0 Å². The van der Waals surface area contributed by atoms with Gasteiger partial charge in [-0.2, -0.15) is 0 Å². The van der Waals surface area contributed by atoms with Gasteiger partial charge in [0.05, 0.1) is 27.8 Å². The van der Waals surface area contributed by atoms with Crippen LogP contribution >= 0.6 is 0 Å². The van der Waals surface area contributed by atoms with E-state index in [-0.39, 0.29) is 0 Å². The van der Waals surface area contributed by atoms with E-state index in [0.717, 1.165) is 101 Å². The number of nitrogens with zero attached hydrogens (tertiary/aromatic N) is 5. The van der Waals surface area contributed by atoms with Crippen molar-refractivity contribution in [2.45, 2.75) is 19.3 Å². The van der Waals surface area contributed by atoms with Crippen LogP contribution in [-0.4, -0.2) is 32.0 Å². The van der Waals surface area contributed by atoms with Crippen molar-refractivity contribution in [1.29, 1.82) is 0 Å². The highest BCUT2D eigenvalue weighted by molar-refractivity contribution is 7.20. The smallest absolute Gasteiger partial charge is 0.220 e. The van der Waals surface area contributed by atoms with Gasteiger partial charge in [-0.3, -0.25) is 8.97 Å². The van der Waals surface area contributed by atoms with Gasteiger partial charge in [-0.15, -0.1) is 0 Å². The molecule has 0 saturated heterocycles. The molecule has 0 fully saturated rings. The van der Waals surface area contributed by atoms with Crippen LogP contribution in [0.3, 0.4) is 0 Å². The van der Waals surface area contributed by atoms with Crippen molar-refractivity contribution in [3.8, 4) is 61.8 Å². The summed E-state index contributed by atoms with van der Waals surface area (Å²) in [6, 6.07) is 77.7. The Morgan fingerprint density at radius 3 is 1.83 bits per heavy atom. The molecule has 69 heavy (non-hydrogen) atoms. The molecule has 1 aliphatic heterocycles. The molecule has 0 atom stereocenters. The minimum Gasteiger partial charge on any atom is -0.457 e. The SMILES string of the molecule is CC1(C)c2ccccc2Oc2c1cc(-n1c3ccccc3n3c4ccccc4nc13)cc2[Si](c1ccccc1)(c1ccccc1)c1ccc2c(c1)-c1ccccc1-c1cncnc1-c1ccccc1-2. The number of hydrogen-bond donors (Lipinski definition) is 0. The summed E-state index contributed by atoms with van der Waals surface area (Å²) in [7, 11) is -3.44. The first kappa shape index (κ1) is 39.5. The zero-order valence-corrected chi connectivity index (χ0v) is 39.0. The Morgan fingerprint density at radius 2 is 1.07 bits per heavy atom. The Labute approximate surface area is 400 Å². The van der Waals surface area contributed by atoms with Crippen LogP contribution in [0.5, 0.6) is 11.5 Å². The maximum absolute atomic E-state index is 7.49. The second kappa shape index (κ2) is 14.9. The Morgan fingerprint density at radius 1 is 0.478 bits per heavy atom. The lowest BCUT2D eigenvalue weighted by Gasteiger charge is -2.41. The van der Waals surface area contributed by atoms with E-state index >= 15 is 0 Å². The van der Waals surface area contributed by atoms with E-state index in [9.17, 15) is 0 Å². The van der Waals surface area contributed by atoms with E-state index in [1.54, 1.807) is 6.33 Å². The van der Waals surface area contributed by atoms with Gasteiger partial charge in [-0.25, -0.2) is 15.0 Å². The Kier molecular flexibility index (Phi) is 8.55. The number of aromatic nitrogens is 5. The summed E-state index contributed by atoms with van der Waals surface area (Å²) in [5.74, 6) is 2.66. The molecule has 9 aromatic carbocycles. The highest BCUT2D eigenvalue weighted by atomic mass is 28.3. The predicted molar refractivity (Wildman–Crippen MR) is 283 cm³/mol. The number of hydrogen-bond acceptors (Lipinski definition) is 4. The third-order valence-corrected chi connectivity index (χ3v) is 19.6. The van der Waals surface area contributed by atoms with Gasteiger partial charge in [0, 0.05) is 39.6 Å². The van der Waals surface area contributed by atoms with Crippen molar-refractivity contribution in [3.63, 3.8) is 0 Å². The Bertz CT molecular complexity index is 4000. The molecule has 7 heteroatoms. The van der Waals surface area contributed by atoms with Crippen LogP contribution in [0.1, 0.15) is 25.0 Å². The van der Waals surface area contributed by atoms with Gasteiger partial charge >= 0.3 is 0 Å². The van der Waals surface area contributed by atoms with Crippen molar-refractivity contribution < 1.29 is 4.74 Å². The van der Waals surface area contributed by atoms with E-state index in [1.165, 1.54) is 20.7 Å². The monoisotopic (exact) mass is 901 g/mol. The normalized spacial score (nSPS) is 13.3. The maximum Gasteiger partial charge on any atom is 0.220 e. The molecule has 2 aliphatic rings. The van der Waals surface area contributed by atoms with Gasteiger partial charge in [0.1, 0.15) is 17.8 Å². The molecule has 0 radical (unpaired) electrons. The first-order chi connectivity index (χ1) is 34.0. The van der Waals surface area contributed by atoms with Gasteiger partial charge in [0.25, 0.3) is 0 Å². The zero-order valence-electron chi connectivity index (χ0n) is 38.0. The van der Waals surface area contributed by atoms with Crippen LogP contribution in [0.2, 0.25) is 0 Å². The minimum atomic E-state index is -3.44. The van der Waals surface area contributed by atoms with E-state index in [4.69, 9.17) is 14.7 Å². The van der Waals surface area contributed by atoms with Crippen molar-refractivity contribution in [1.82, 2.24) is 23.9 Å². The third kappa shape index (κ3) is 5.62. The van der Waals surface area contributed by atoms with Gasteiger partial charge in [-0.05, 0) is 91.0 Å². The van der Waals surface area contributed by atoms with Crippen LogP contribution in [0.25, 0.3) is 78.2 Å². The van der Waals surface area contributed by atoms with E-state index in [1.807, 2.05) is 6.20 Å². The number of para-hydroxylation sites is 5. The molecule has 0 amide bonds. The standard InChI is InChI=1S/C62H43N5OSi/c1-62(2)51-27-13-18-32-57(51)68-60-52(62)35-40(66-55-30-16-17-31-56(55)67-54-29-15-14-28-53(54)65-61(66)67)36-58(60)69(41-19-5-3-6-20-41,42-21-7-4-8-22-42)43-33-34-47-44-23-11-12-26-48(44)59-50(38-63-39-64-59)46-25-10-9-24-45(46)49(47)37-43/h3-39H,1-2H3. The molecule has 6 nitrogen and oxygen atoms in total. The molecule has 0 unspecified atom stereocenters. The largest absolute Gasteiger partial charge is 0.457 e. The molecular formula is C62H43N5OSi. The highest BCUT2D eigenvalue weighted by Gasteiger charge is 2.48. The van der Waals surface area contributed by atoms with Crippen LogP contribution in [0, 0.1) is 0 Å². The molecule has 1 aliphatic carbocycles. The number of fused-ring (bicyclic) bond motifs is 15. The lowest BCUT2D eigenvalue weighted by molar-refractivity contribution is 0.421. The van der Waals surface area contributed by atoms with Crippen molar-refractivity contribution in [2.75, 3.05) is 0 Å². The summed E-state index contributed by atoms with van der Waals surface area (Å²) < 4.78 is 12.2. The quantitative estimate of drug-likeness (QED) is 0.128. The van der Waals surface area contributed by atoms with E-state index in [2.05, 4.69) is 240 Å². The molecule has 14 rings (SSSR count). The van der Waals surface area contributed by atoms with Gasteiger partial charge in [0.2, 0.25) is 5.78 Å². The van der Waals surface area contributed by atoms with Crippen LogP contribution < -0.4 is 25.5 Å². The summed E-state index contributed by atoms with van der Waals surface area (Å²) in [5, 5.41) is 4.91. The fourth-order valence-electron chi connectivity index (χ4n) is 11.7. The average molecular weight is 902 g/mol. The van der Waals surface area contributed by atoms with Crippen LogP contribution in [0.15, 0.2) is 225 Å². The highest BCUT2D eigenvalue weighted by Crippen LogP contribution is 2.50. The number of ether oxygens (including phenoxy) is 1. The van der Waals surface area contributed by atoms with E-state index in [0.29, 0.717) is 0 Å². The number of imidazole rings is 2. The number of benzene rings is 9. The summed E-state index contributed by atoms with van der Waals surface area (Å²) in [4.78, 5) is 14.9.